The van der Waals surface area contributed by atoms with Crippen LogP contribution in [-0.4, -0.2) is 19.3 Å². The Morgan fingerprint density at radius 2 is 1.75 bits per heavy atom. The molecule has 0 spiro atoms. The van der Waals surface area contributed by atoms with Gasteiger partial charge >= 0.3 is 0 Å². The highest BCUT2D eigenvalue weighted by atomic mass is 16.5. The molecule has 1 unspecified atom stereocenters. The first-order valence-corrected chi connectivity index (χ1v) is 8.23. The molecule has 1 atom stereocenters. The second kappa shape index (κ2) is 6.93. The number of ether oxygens (including phenoxy) is 1. The highest BCUT2D eigenvalue weighted by molar-refractivity contribution is 5.88. The quantitative estimate of drug-likeness (QED) is 0.757. The maximum Gasteiger partial charge on any atom is 0.125 e. The summed E-state index contributed by atoms with van der Waals surface area (Å²) in [6.45, 7) is 3.82. The Labute approximate surface area is 143 Å². The summed E-state index contributed by atoms with van der Waals surface area (Å²) in [4.78, 5) is 1.33. The van der Waals surface area contributed by atoms with Gasteiger partial charge in [0.05, 0.1) is 19.7 Å². The van der Waals surface area contributed by atoms with Gasteiger partial charge in [0.1, 0.15) is 24.6 Å². The number of hydrogen-bond donors (Lipinski definition) is 2. The second-order valence-corrected chi connectivity index (χ2v) is 6.39. The number of hydrogen-bond acceptors (Lipinski definition) is 2. The van der Waals surface area contributed by atoms with Crippen molar-refractivity contribution in [2.75, 3.05) is 14.2 Å². The molecule has 0 saturated carbocycles. The van der Waals surface area contributed by atoms with Crippen molar-refractivity contribution in [3.63, 3.8) is 0 Å². The molecule has 0 bridgehead atoms. The number of aryl methyl sites for hydroxylation is 1. The zero-order chi connectivity index (χ0) is 17.1. The van der Waals surface area contributed by atoms with Crippen molar-refractivity contribution in [2.24, 2.45) is 0 Å². The third-order valence-electron chi connectivity index (χ3n) is 4.55. The Morgan fingerprint density at radius 3 is 2.50 bits per heavy atom. The van der Waals surface area contributed by atoms with Gasteiger partial charge in [-0.2, -0.15) is 0 Å². The molecule has 0 amide bonds. The van der Waals surface area contributed by atoms with E-state index in [2.05, 4.69) is 38.2 Å². The average Bonchev–Trinajstić information content (AvgIpc) is 2.59. The van der Waals surface area contributed by atoms with Crippen molar-refractivity contribution in [1.82, 2.24) is 0 Å². The summed E-state index contributed by atoms with van der Waals surface area (Å²) in [7, 11) is 3.82. The molecule has 0 saturated heterocycles. The van der Waals surface area contributed by atoms with Gasteiger partial charge in [0.15, 0.2) is 0 Å². The third-order valence-corrected chi connectivity index (χ3v) is 4.55. The third kappa shape index (κ3) is 3.36. The molecule has 2 N–H and O–H groups in total. The molecule has 0 aliphatic rings. The van der Waals surface area contributed by atoms with Crippen LogP contribution in [-0.2, 0) is 13.1 Å². The number of quaternary nitrogens is 1. The fourth-order valence-electron chi connectivity index (χ4n) is 3.16. The predicted molar refractivity (Wildman–Crippen MR) is 97.6 cm³/mol. The molecule has 0 fully saturated rings. The minimum atomic E-state index is 0.347. The maximum absolute atomic E-state index is 10.4. The monoisotopic (exact) mass is 322 g/mol. The smallest absolute Gasteiger partial charge is 0.125 e. The van der Waals surface area contributed by atoms with E-state index in [1.807, 2.05) is 24.3 Å². The van der Waals surface area contributed by atoms with Gasteiger partial charge < -0.3 is 14.7 Å². The summed E-state index contributed by atoms with van der Waals surface area (Å²) in [6, 6.07) is 18.2. The first-order valence-electron chi connectivity index (χ1n) is 8.23. The topological polar surface area (TPSA) is 33.9 Å². The van der Waals surface area contributed by atoms with Crippen molar-refractivity contribution in [3.05, 3.63) is 71.3 Å². The van der Waals surface area contributed by atoms with Crippen molar-refractivity contribution >= 4 is 10.8 Å². The predicted octanol–water partition coefficient (Wildman–Crippen LogP) is 3.08. The standard InChI is InChI=1S/C21H23NO2/c1-15-6-4-5-7-17(15)13-22(2)14-20-19-12-18(24-3)10-8-16(19)9-11-21(20)23/h4-12,23H,13-14H2,1-3H3/p+1. The number of aromatic hydroxyl groups is 1. The highest BCUT2D eigenvalue weighted by Gasteiger charge is 2.14. The summed E-state index contributed by atoms with van der Waals surface area (Å²) < 4.78 is 5.35. The minimum absolute atomic E-state index is 0.347. The van der Waals surface area contributed by atoms with E-state index in [-0.39, 0.29) is 0 Å². The summed E-state index contributed by atoms with van der Waals surface area (Å²) >= 11 is 0. The average molecular weight is 322 g/mol. The van der Waals surface area contributed by atoms with Crippen molar-refractivity contribution in [2.45, 2.75) is 20.0 Å². The van der Waals surface area contributed by atoms with Crippen LogP contribution in [0.5, 0.6) is 11.5 Å². The molecule has 0 aliphatic carbocycles. The van der Waals surface area contributed by atoms with Gasteiger partial charge in [0.2, 0.25) is 0 Å². The Bertz CT molecular complexity index is 858. The van der Waals surface area contributed by atoms with Crippen LogP contribution in [0.2, 0.25) is 0 Å². The molecule has 24 heavy (non-hydrogen) atoms. The van der Waals surface area contributed by atoms with E-state index in [0.29, 0.717) is 5.75 Å². The number of phenols is 1. The zero-order valence-corrected chi connectivity index (χ0v) is 14.5. The SMILES string of the molecule is COc1ccc2ccc(O)c(C[NH+](C)Cc3ccccc3C)c2c1. The number of fused-ring (bicyclic) bond motifs is 1. The van der Waals surface area contributed by atoms with E-state index in [0.717, 1.165) is 35.2 Å². The number of methoxy groups -OCH3 is 1. The van der Waals surface area contributed by atoms with E-state index >= 15 is 0 Å². The van der Waals surface area contributed by atoms with E-state index in [1.54, 1.807) is 13.2 Å². The van der Waals surface area contributed by atoms with Gasteiger partial charge in [-0.15, -0.1) is 0 Å². The molecule has 0 aromatic heterocycles. The van der Waals surface area contributed by atoms with Gasteiger partial charge in [-0.1, -0.05) is 36.4 Å². The lowest BCUT2D eigenvalue weighted by atomic mass is 10.0. The van der Waals surface area contributed by atoms with Gasteiger partial charge in [-0.05, 0) is 41.5 Å². The second-order valence-electron chi connectivity index (χ2n) is 6.39. The summed E-state index contributed by atoms with van der Waals surface area (Å²) in [5.41, 5.74) is 3.62. The van der Waals surface area contributed by atoms with Gasteiger partial charge in [0.25, 0.3) is 0 Å². The Hall–Kier alpha value is -2.52. The number of benzene rings is 3. The lowest BCUT2D eigenvalue weighted by Crippen LogP contribution is -3.06. The first-order chi connectivity index (χ1) is 11.6. The van der Waals surface area contributed by atoms with Crippen LogP contribution in [0.25, 0.3) is 10.8 Å². The molecular weight excluding hydrogens is 298 g/mol. The summed E-state index contributed by atoms with van der Waals surface area (Å²) in [5, 5.41) is 12.6. The van der Waals surface area contributed by atoms with Crippen LogP contribution in [0.1, 0.15) is 16.7 Å². The van der Waals surface area contributed by atoms with Crippen molar-refractivity contribution < 1.29 is 14.7 Å². The zero-order valence-electron chi connectivity index (χ0n) is 14.5. The number of nitrogens with one attached hydrogen (secondary N) is 1. The van der Waals surface area contributed by atoms with Gasteiger partial charge in [-0.3, -0.25) is 0 Å². The van der Waals surface area contributed by atoms with Crippen molar-refractivity contribution in [1.29, 1.82) is 0 Å². The van der Waals surface area contributed by atoms with Crippen LogP contribution >= 0.6 is 0 Å². The largest absolute Gasteiger partial charge is 0.507 e. The van der Waals surface area contributed by atoms with E-state index in [1.165, 1.54) is 16.0 Å². The lowest BCUT2D eigenvalue weighted by molar-refractivity contribution is -0.907. The fourth-order valence-corrected chi connectivity index (χ4v) is 3.16. The van der Waals surface area contributed by atoms with Crippen LogP contribution < -0.4 is 9.64 Å². The Balaban J connectivity index is 1.91. The molecule has 0 heterocycles. The fraction of sp³-hybridized carbons (Fsp3) is 0.238. The Morgan fingerprint density at radius 1 is 1.00 bits per heavy atom. The number of rotatable bonds is 5. The van der Waals surface area contributed by atoms with Crippen LogP contribution in [0.15, 0.2) is 54.6 Å². The van der Waals surface area contributed by atoms with Gasteiger partial charge in [0, 0.05) is 5.56 Å². The highest BCUT2D eigenvalue weighted by Crippen LogP contribution is 2.29. The maximum atomic E-state index is 10.4. The minimum Gasteiger partial charge on any atom is -0.507 e. The molecular formula is C21H24NO2+. The summed E-state index contributed by atoms with van der Waals surface area (Å²) in [5.74, 6) is 1.16. The normalized spacial score (nSPS) is 12.3. The van der Waals surface area contributed by atoms with Crippen LogP contribution in [0, 0.1) is 6.92 Å². The molecule has 3 nitrogen and oxygen atoms in total. The van der Waals surface area contributed by atoms with Crippen LogP contribution in [0.4, 0.5) is 0 Å². The van der Waals surface area contributed by atoms with E-state index < -0.39 is 0 Å². The summed E-state index contributed by atoms with van der Waals surface area (Å²) in [6.07, 6.45) is 0. The molecule has 3 heteroatoms. The molecule has 124 valence electrons. The lowest BCUT2D eigenvalue weighted by Gasteiger charge is -2.18. The molecule has 3 aromatic rings. The van der Waals surface area contributed by atoms with Crippen molar-refractivity contribution in [3.8, 4) is 11.5 Å². The Kier molecular flexibility index (Phi) is 4.72. The van der Waals surface area contributed by atoms with Gasteiger partial charge in [-0.25, -0.2) is 0 Å². The van der Waals surface area contributed by atoms with E-state index in [9.17, 15) is 5.11 Å². The van der Waals surface area contributed by atoms with Crippen LogP contribution in [0.3, 0.4) is 0 Å². The number of phenolic OH excluding ortho intramolecular Hbond substituents is 1. The molecule has 0 aliphatic heterocycles. The van der Waals surface area contributed by atoms with E-state index in [4.69, 9.17) is 4.74 Å². The molecule has 3 rings (SSSR count). The first kappa shape index (κ1) is 16.3. The molecule has 0 radical (unpaired) electrons. The molecule has 3 aromatic carbocycles.